The molecule has 0 spiro atoms. The molecule has 0 aromatic carbocycles. The molecule has 0 fully saturated rings. The van der Waals surface area contributed by atoms with Crippen LogP contribution in [0.1, 0.15) is 25.8 Å². The van der Waals surface area contributed by atoms with Crippen LogP contribution in [-0.4, -0.2) is 16.6 Å². The molecule has 1 aromatic heterocycles. The standard InChI is InChI=1S/C12H12F3N3O/c1-7(2)9-5-11(19)18(17-9)10-4-3-8(6-16-10)12(13,14)15/h3-4,6-7H,5H2,1-2H3. The van der Waals surface area contributed by atoms with E-state index in [1.165, 1.54) is 0 Å². The number of pyridine rings is 1. The normalized spacial score (nSPS) is 16.2. The molecule has 0 bridgehead atoms. The predicted molar refractivity (Wildman–Crippen MR) is 63.6 cm³/mol. The summed E-state index contributed by atoms with van der Waals surface area (Å²) in [5.41, 5.74) is -0.150. The Labute approximate surface area is 107 Å². The predicted octanol–water partition coefficient (Wildman–Crippen LogP) is 2.85. The highest BCUT2D eigenvalue weighted by Gasteiger charge is 2.32. The smallest absolute Gasteiger partial charge is 0.272 e. The lowest BCUT2D eigenvalue weighted by Gasteiger charge is -2.12. The summed E-state index contributed by atoms with van der Waals surface area (Å²) in [5, 5.41) is 5.14. The third-order valence-electron chi connectivity index (χ3n) is 2.76. The van der Waals surface area contributed by atoms with Crippen LogP contribution in [0.25, 0.3) is 0 Å². The molecule has 102 valence electrons. The number of carbonyl (C=O) groups is 1. The monoisotopic (exact) mass is 271 g/mol. The van der Waals surface area contributed by atoms with Gasteiger partial charge in [0.25, 0.3) is 5.91 Å². The molecule has 1 amide bonds. The summed E-state index contributed by atoms with van der Waals surface area (Å²) in [6.45, 7) is 3.80. The molecule has 0 N–H and O–H groups in total. The Morgan fingerprint density at radius 2 is 2.00 bits per heavy atom. The fourth-order valence-corrected chi connectivity index (χ4v) is 1.63. The van der Waals surface area contributed by atoms with Gasteiger partial charge in [-0.2, -0.15) is 23.3 Å². The summed E-state index contributed by atoms with van der Waals surface area (Å²) in [4.78, 5) is 15.4. The zero-order chi connectivity index (χ0) is 14.2. The molecule has 4 nitrogen and oxygen atoms in total. The summed E-state index contributed by atoms with van der Waals surface area (Å²) in [6, 6.07) is 2.03. The highest BCUT2D eigenvalue weighted by molar-refractivity contribution is 6.13. The SMILES string of the molecule is CC(C)C1=NN(c2ccc(C(F)(F)F)cn2)C(=O)C1. The van der Waals surface area contributed by atoms with E-state index in [1.807, 2.05) is 13.8 Å². The van der Waals surface area contributed by atoms with Gasteiger partial charge in [-0.05, 0) is 18.1 Å². The lowest BCUT2D eigenvalue weighted by molar-refractivity contribution is -0.137. The average molecular weight is 271 g/mol. The zero-order valence-electron chi connectivity index (χ0n) is 10.4. The van der Waals surface area contributed by atoms with Crippen molar-refractivity contribution in [3.05, 3.63) is 23.9 Å². The van der Waals surface area contributed by atoms with Gasteiger partial charge in [-0.15, -0.1) is 0 Å². The molecule has 1 aliphatic heterocycles. The number of anilines is 1. The summed E-state index contributed by atoms with van der Waals surface area (Å²) in [7, 11) is 0. The third-order valence-corrected chi connectivity index (χ3v) is 2.76. The molecule has 2 heterocycles. The Kier molecular flexibility index (Phi) is 3.30. The van der Waals surface area contributed by atoms with Crippen molar-refractivity contribution in [1.82, 2.24) is 4.98 Å². The number of alkyl halides is 3. The Hall–Kier alpha value is -1.92. The molecule has 0 aliphatic carbocycles. The lowest BCUT2D eigenvalue weighted by Crippen LogP contribution is -2.21. The number of rotatable bonds is 2. The Balaban J connectivity index is 2.26. The van der Waals surface area contributed by atoms with Crippen molar-refractivity contribution in [1.29, 1.82) is 0 Å². The molecule has 0 atom stereocenters. The molecule has 0 radical (unpaired) electrons. The van der Waals surface area contributed by atoms with Gasteiger partial charge in [0.1, 0.15) is 0 Å². The molecule has 7 heteroatoms. The fourth-order valence-electron chi connectivity index (χ4n) is 1.63. The van der Waals surface area contributed by atoms with E-state index in [0.29, 0.717) is 11.9 Å². The van der Waals surface area contributed by atoms with Crippen LogP contribution in [0.4, 0.5) is 19.0 Å². The maximum absolute atomic E-state index is 12.4. The Morgan fingerprint density at radius 3 is 2.42 bits per heavy atom. The van der Waals surface area contributed by atoms with Crippen molar-refractivity contribution >= 4 is 17.4 Å². The average Bonchev–Trinajstić information content (AvgIpc) is 2.70. The van der Waals surface area contributed by atoms with Crippen molar-refractivity contribution in [2.45, 2.75) is 26.4 Å². The van der Waals surface area contributed by atoms with Gasteiger partial charge in [0.05, 0.1) is 17.7 Å². The molecular formula is C12H12F3N3O. The molecule has 1 aliphatic rings. The Morgan fingerprint density at radius 1 is 1.32 bits per heavy atom. The lowest BCUT2D eigenvalue weighted by atomic mass is 10.1. The van der Waals surface area contributed by atoms with Gasteiger partial charge in [-0.3, -0.25) is 4.79 Å². The van der Waals surface area contributed by atoms with E-state index in [9.17, 15) is 18.0 Å². The first kappa shape index (κ1) is 13.5. The van der Waals surface area contributed by atoms with Crippen LogP contribution < -0.4 is 5.01 Å². The van der Waals surface area contributed by atoms with Gasteiger partial charge in [0.15, 0.2) is 5.82 Å². The second kappa shape index (κ2) is 4.64. The second-order valence-electron chi connectivity index (χ2n) is 4.53. The number of aromatic nitrogens is 1. The van der Waals surface area contributed by atoms with Crippen molar-refractivity contribution in [3.8, 4) is 0 Å². The van der Waals surface area contributed by atoms with E-state index in [-0.39, 0.29) is 24.1 Å². The van der Waals surface area contributed by atoms with Gasteiger partial charge in [0.2, 0.25) is 0 Å². The topological polar surface area (TPSA) is 45.6 Å². The van der Waals surface area contributed by atoms with E-state index in [4.69, 9.17) is 0 Å². The number of amides is 1. The first-order valence-electron chi connectivity index (χ1n) is 5.72. The summed E-state index contributed by atoms with van der Waals surface area (Å²) < 4.78 is 37.2. The third kappa shape index (κ3) is 2.74. The van der Waals surface area contributed by atoms with E-state index in [1.54, 1.807) is 0 Å². The van der Waals surface area contributed by atoms with E-state index in [0.717, 1.165) is 17.1 Å². The molecule has 0 unspecified atom stereocenters. The van der Waals surface area contributed by atoms with Crippen LogP contribution in [-0.2, 0) is 11.0 Å². The van der Waals surface area contributed by atoms with Crippen LogP contribution >= 0.6 is 0 Å². The molecule has 0 saturated heterocycles. The molecule has 19 heavy (non-hydrogen) atoms. The minimum absolute atomic E-state index is 0.105. The number of nitrogens with zero attached hydrogens (tertiary/aromatic N) is 3. The van der Waals surface area contributed by atoms with Crippen LogP contribution in [0.3, 0.4) is 0 Å². The number of hydrogen-bond acceptors (Lipinski definition) is 3. The highest BCUT2D eigenvalue weighted by Crippen LogP contribution is 2.30. The van der Waals surface area contributed by atoms with E-state index < -0.39 is 11.7 Å². The van der Waals surface area contributed by atoms with Crippen LogP contribution in [0, 0.1) is 5.92 Å². The fraction of sp³-hybridized carbons (Fsp3) is 0.417. The number of hydrogen-bond donors (Lipinski definition) is 0. The Bertz CT molecular complexity index is 520. The van der Waals surface area contributed by atoms with Crippen LogP contribution in [0.15, 0.2) is 23.4 Å². The van der Waals surface area contributed by atoms with Crippen molar-refractivity contribution in [2.75, 3.05) is 5.01 Å². The van der Waals surface area contributed by atoms with Gasteiger partial charge in [-0.25, -0.2) is 4.98 Å². The summed E-state index contributed by atoms with van der Waals surface area (Å²) in [5.74, 6) is -0.0620. The maximum atomic E-state index is 12.4. The molecule has 2 rings (SSSR count). The molecular weight excluding hydrogens is 259 g/mol. The number of carbonyl (C=O) groups excluding carboxylic acids is 1. The number of hydrazone groups is 1. The van der Waals surface area contributed by atoms with Crippen molar-refractivity contribution in [2.24, 2.45) is 11.0 Å². The minimum atomic E-state index is -4.44. The maximum Gasteiger partial charge on any atom is 0.417 e. The summed E-state index contributed by atoms with van der Waals surface area (Å²) >= 11 is 0. The molecule has 1 aromatic rings. The summed E-state index contributed by atoms with van der Waals surface area (Å²) in [6.07, 6.45) is -3.56. The first-order chi connectivity index (χ1) is 8.79. The second-order valence-corrected chi connectivity index (χ2v) is 4.53. The largest absolute Gasteiger partial charge is 0.417 e. The van der Waals surface area contributed by atoms with Crippen LogP contribution in [0.5, 0.6) is 0 Å². The van der Waals surface area contributed by atoms with Crippen LogP contribution in [0.2, 0.25) is 0 Å². The minimum Gasteiger partial charge on any atom is -0.272 e. The van der Waals surface area contributed by atoms with Gasteiger partial charge in [-0.1, -0.05) is 13.8 Å². The van der Waals surface area contributed by atoms with Gasteiger partial charge >= 0.3 is 6.18 Å². The molecule has 0 saturated carbocycles. The first-order valence-corrected chi connectivity index (χ1v) is 5.72. The van der Waals surface area contributed by atoms with Crippen molar-refractivity contribution in [3.63, 3.8) is 0 Å². The van der Waals surface area contributed by atoms with Gasteiger partial charge in [0, 0.05) is 6.20 Å². The van der Waals surface area contributed by atoms with Gasteiger partial charge < -0.3 is 0 Å². The highest BCUT2D eigenvalue weighted by atomic mass is 19.4. The van der Waals surface area contributed by atoms with E-state index >= 15 is 0 Å². The van der Waals surface area contributed by atoms with E-state index in [2.05, 4.69) is 10.1 Å². The zero-order valence-corrected chi connectivity index (χ0v) is 10.4. The number of halogens is 3. The quantitative estimate of drug-likeness (QED) is 0.830. The van der Waals surface area contributed by atoms with Crippen molar-refractivity contribution < 1.29 is 18.0 Å².